The molecular weight excluding hydrogens is 627 g/mol. The van der Waals surface area contributed by atoms with Gasteiger partial charge in [-0.1, -0.05) is 77.8 Å². The second-order valence-corrected chi connectivity index (χ2v) is 14.2. The van der Waals surface area contributed by atoms with E-state index in [4.69, 9.17) is 23.2 Å². The van der Waals surface area contributed by atoms with E-state index in [1.807, 2.05) is 59.3 Å². The van der Waals surface area contributed by atoms with Crippen molar-refractivity contribution in [2.24, 2.45) is 0 Å². The van der Waals surface area contributed by atoms with E-state index in [-0.39, 0.29) is 17.5 Å². The molecule has 10 heteroatoms. The van der Waals surface area contributed by atoms with Crippen LogP contribution in [0.4, 0.5) is 11.4 Å². The molecule has 0 spiro atoms. The lowest BCUT2D eigenvalue weighted by Gasteiger charge is -2.40. The molecule has 6 rings (SSSR count). The minimum atomic E-state index is -0.328. The van der Waals surface area contributed by atoms with E-state index in [1.54, 1.807) is 6.20 Å². The van der Waals surface area contributed by atoms with E-state index in [0.717, 1.165) is 48.3 Å². The highest BCUT2D eigenvalue weighted by molar-refractivity contribution is 6.36. The molecule has 1 saturated heterocycles. The molecule has 47 heavy (non-hydrogen) atoms. The highest BCUT2D eigenvalue weighted by Crippen LogP contribution is 2.36. The van der Waals surface area contributed by atoms with Crippen LogP contribution in [0.15, 0.2) is 79.1 Å². The molecule has 8 nitrogen and oxygen atoms in total. The van der Waals surface area contributed by atoms with Crippen LogP contribution in [0.2, 0.25) is 10.0 Å². The normalized spacial score (nSPS) is 15.7. The monoisotopic (exact) mass is 666 g/mol. The van der Waals surface area contributed by atoms with E-state index in [2.05, 4.69) is 82.9 Å². The van der Waals surface area contributed by atoms with Gasteiger partial charge in [0.1, 0.15) is 11.8 Å². The van der Waals surface area contributed by atoms with Crippen molar-refractivity contribution in [2.75, 3.05) is 30.3 Å². The van der Waals surface area contributed by atoms with Gasteiger partial charge in [-0.15, -0.1) is 5.10 Å². The van der Waals surface area contributed by atoms with Crippen molar-refractivity contribution in [3.63, 3.8) is 0 Å². The zero-order valence-electron chi connectivity index (χ0n) is 27.2. The van der Waals surface area contributed by atoms with Crippen molar-refractivity contribution in [1.29, 1.82) is 5.26 Å². The molecular formula is C37H40Cl2N8. The molecule has 242 valence electrons. The molecule has 0 saturated carbocycles. The maximum atomic E-state index is 10.0. The standard InChI is InChI=1S/C37H40Cl2N8/c1-24(25-8-6-5-7-9-25)21-41-34-27(20-40)22-42-36-31(34)18-29(19-32(36)39)43-35(26-10-12-28(38)13-11-26)33-23-47(45-44-33)30-14-16-46(17-15-30)37(2,3)4/h5-13,18-19,22-24,30,35,43H,14-17,21H2,1-4H3,(H,41,42). The number of nitrogens with zero attached hydrogens (tertiary/aromatic N) is 6. The van der Waals surface area contributed by atoms with Gasteiger partial charge in [0.15, 0.2) is 0 Å². The molecule has 1 aliphatic heterocycles. The summed E-state index contributed by atoms with van der Waals surface area (Å²) in [7, 11) is 0. The lowest BCUT2D eigenvalue weighted by molar-refractivity contribution is 0.0866. The SMILES string of the molecule is CC(CNc1c(C#N)cnc2c(Cl)cc(NC(c3ccc(Cl)cc3)c3cn(C4CCN(C(C)(C)C)CC4)nn3)cc12)c1ccccc1. The third kappa shape index (κ3) is 7.38. The molecule has 1 aliphatic rings. The zero-order chi connectivity index (χ0) is 33.1. The van der Waals surface area contributed by atoms with Crippen molar-refractivity contribution in [3.8, 4) is 6.07 Å². The Morgan fingerprint density at radius 1 is 1.00 bits per heavy atom. The fraction of sp³-hybridized carbons (Fsp3) is 0.351. The second kappa shape index (κ2) is 13.9. The lowest BCUT2D eigenvalue weighted by Crippen LogP contribution is -2.46. The number of pyridine rings is 1. The van der Waals surface area contributed by atoms with Gasteiger partial charge in [0.2, 0.25) is 0 Å². The Morgan fingerprint density at radius 3 is 2.40 bits per heavy atom. The average Bonchev–Trinajstić information content (AvgIpc) is 3.56. The molecule has 3 heterocycles. The van der Waals surface area contributed by atoms with E-state index in [0.29, 0.717) is 39.4 Å². The van der Waals surface area contributed by atoms with Crippen molar-refractivity contribution in [1.82, 2.24) is 24.9 Å². The first-order chi connectivity index (χ1) is 22.6. The number of benzene rings is 3. The van der Waals surface area contributed by atoms with Crippen LogP contribution in [0, 0.1) is 11.3 Å². The van der Waals surface area contributed by atoms with Gasteiger partial charge in [0.05, 0.1) is 40.1 Å². The van der Waals surface area contributed by atoms with E-state index in [9.17, 15) is 5.26 Å². The summed E-state index contributed by atoms with van der Waals surface area (Å²) in [4.78, 5) is 7.08. The van der Waals surface area contributed by atoms with Gasteiger partial charge in [0, 0.05) is 47.5 Å². The Hall–Kier alpha value is -4.16. The van der Waals surface area contributed by atoms with Gasteiger partial charge in [-0.2, -0.15) is 5.26 Å². The molecule has 5 aromatic rings. The predicted molar refractivity (Wildman–Crippen MR) is 191 cm³/mol. The van der Waals surface area contributed by atoms with Crippen LogP contribution in [0.5, 0.6) is 0 Å². The molecule has 0 amide bonds. The van der Waals surface area contributed by atoms with E-state index >= 15 is 0 Å². The highest BCUT2D eigenvalue weighted by Gasteiger charge is 2.29. The largest absolute Gasteiger partial charge is 0.383 e. The summed E-state index contributed by atoms with van der Waals surface area (Å²) < 4.78 is 2.02. The summed E-state index contributed by atoms with van der Waals surface area (Å²) in [6.07, 6.45) is 5.68. The molecule has 3 aromatic carbocycles. The van der Waals surface area contributed by atoms with Gasteiger partial charge >= 0.3 is 0 Å². The number of likely N-dealkylation sites (tertiary alicyclic amines) is 1. The van der Waals surface area contributed by atoms with Gasteiger partial charge in [-0.3, -0.25) is 9.88 Å². The van der Waals surface area contributed by atoms with Crippen molar-refractivity contribution < 1.29 is 0 Å². The van der Waals surface area contributed by atoms with Crippen LogP contribution in [0.3, 0.4) is 0 Å². The number of fused-ring (bicyclic) bond motifs is 1. The number of aromatic nitrogens is 4. The smallest absolute Gasteiger partial charge is 0.109 e. The number of hydrogen-bond acceptors (Lipinski definition) is 7. The summed E-state index contributed by atoms with van der Waals surface area (Å²) in [6.45, 7) is 11.7. The number of rotatable bonds is 9. The Labute approximate surface area is 286 Å². The van der Waals surface area contributed by atoms with Crippen LogP contribution in [0.1, 0.15) is 80.9 Å². The Morgan fingerprint density at radius 2 is 1.72 bits per heavy atom. The number of anilines is 2. The maximum absolute atomic E-state index is 10.0. The number of nitriles is 1. The molecule has 0 bridgehead atoms. The van der Waals surface area contributed by atoms with Crippen molar-refractivity contribution in [2.45, 2.75) is 64.1 Å². The Bertz CT molecular complexity index is 1870. The minimum Gasteiger partial charge on any atom is -0.383 e. The van der Waals surface area contributed by atoms with Crippen molar-refractivity contribution in [3.05, 3.63) is 112 Å². The van der Waals surface area contributed by atoms with Crippen LogP contribution < -0.4 is 10.6 Å². The van der Waals surface area contributed by atoms with Crippen LogP contribution >= 0.6 is 23.2 Å². The summed E-state index contributed by atoms with van der Waals surface area (Å²) >= 11 is 13.1. The van der Waals surface area contributed by atoms with Crippen LogP contribution in [-0.2, 0) is 0 Å². The Kier molecular flexibility index (Phi) is 9.70. The van der Waals surface area contributed by atoms with Crippen LogP contribution in [0.25, 0.3) is 10.9 Å². The fourth-order valence-corrected chi connectivity index (χ4v) is 6.72. The fourth-order valence-electron chi connectivity index (χ4n) is 6.33. The first kappa shape index (κ1) is 32.8. The highest BCUT2D eigenvalue weighted by atomic mass is 35.5. The van der Waals surface area contributed by atoms with Gasteiger partial charge < -0.3 is 10.6 Å². The summed E-state index contributed by atoms with van der Waals surface area (Å²) in [5, 5.41) is 28.4. The van der Waals surface area contributed by atoms with Crippen molar-refractivity contribution >= 4 is 45.5 Å². The zero-order valence-corrected chi connectivity index (χ0v) is 28.7. The molecule has 2 atom stereocenters. The van der Waals surface area contributed by atoms with Crippen LogP contribution in [-0.4, -0.2) is 50.1 Å². The first-order valence-electron chi connectivity index (χ1n) is 16.1. The number of hydrogen-bond donors (Lipinski definition) is 2. The minimum absolute atomic E-state index is 0.155. The second-order valence-electron chi connectivity index (χ2n) is 13.3. The van der Waals surface area contributed by atoms with E-state index < -0.39 is 0 Å². The van der Waals surface area contributed by atoms with Gasteiger partial charge in [-0.25, -0.2) is 4.68 Å². The summed E-state index contributed by atoms with van der Waals surface area (Å²) in [6, 6.07) is 24.2. The predicted octanol–water partition coefficient (Wildman–Crippen LogP) is 8.86. The van der Waals surface area contributed by atoms with Gasteiger partial charge in [0.25, 0.3) is 0 Å². The maximum Gasteiger partial charge on any atom is 0.109 e. The number of halogens is 2. The number of nitrogens with one attached hydrogen (secondary N) is 2. The van der Waals surface area contributed by atoms with E-state index in [1.165, 1.54) is 5.56 Å². The quantitative estimate of drug-likeness (QED) is 0.162. The molecule has 2 aromatic heterocycles. The lowest BCUT2D eigenvalue weighted by atomic mass is 9.98. The topological polar surface area (TPSA) is 94.7 Å². The third-order valence-corrected chi connectivity index (χ3v) is 9.66. The van der Waals surface area contributed by atoms with Gasteiger partial charge in [-0.05, 0) is 74.9 Å². The molecule has 2 N–H and O–H groups in total. The Balaban J connectivity index is 1.31. The summed E-state index contributed by atoms with van der Waals surface area (Å²) in [5.74, 6) is 0.223. The molecule has 0 aliphatic carbocycles. The summed E-state index contributed by atoms with van der Waals surface area (Å²) in [5.41, 5.74) is 5.72. The number of piperidine rings is 1. The molecule has 0 radical (unpaired) electrons. The molecule has 2 unspecified atom stereocenters. The average molecular weight is 668 g/mol. The molecule has 1 fully saturated rings. The third-order valence-electron chi connectivity index (χ3n) is 9.12. The first-order valence-corrected chi connectivity index (χ1v) is 16.9.